The first-order chi connectivity index (χ1) is 15.6. The van der Waals surface area contributed by atoms with Crippen LogP contribution in [0.2, 0.25) is 0 Å². The van der Waals surface area contributed by atoms with E-state index in [1.165, 1.54) is 24.8 Å². The number of carbonyl (C=O) groups is 1. The van der Waals surface area contributed by atoms with Crippen LogP contribution in [0.1, 0.15) is 12.0 Å². The standard InChI is InChI=1S/C24H23FN4O3/c1-31-21-12-11-18(15-19(21)25)23-27-24(32-28-23)20-10-6-14-29(20)16-22(30)26-13-5-9-17-7-3-2-4-8-17/h2-4,6-8,10-12,14-15H,5,9,13,16H2,1H3,(H,26,30). The van der Waals surface area contributed by atoms with Crippen molar-refractivity contribution >= 4 is 5.91 Å². The van der Waals surface area contributed by atoms with Crippen LogP contribution in [0.3, 0.4) is 0 Å². The Bertz CT molecular complexity index is 1190. The van der Waals surface area contributed by atoms with Crippen LogP contribution in [0.25, 0.3) is 23.0 Å². The van der Waals surface area contributed by atoms with Gasteiger partial charge in [-0.2, -0.15) is 4.98 Å². The molecule has 0 aliphatic rings. The number of amides is 1. The summed E-state index contributed by atoms with van der Waals surface area (Å²) >= 11 is 0. The summed E-state index contributed by atoms with van der Waals surface area (Å²) in [6.45, 7) is 0.723. The summed E-state index contributed by atoms with van der Waals surface area (Å²) in [6, 6.07) is 18.2. The Kier molecular flexibility index (Phi) is 6.60. The van der Waals surface area contributed by atoms with Crippen molar-refractivity contribution in [3.05, 3.63) is 78.2 Å². The van der Waals surface area contributed by atoms with Crippen molar-refractivity contribution in [3.63, 3.8) is 0 Å². The third kappa shape index (κ3) is 5.03. The van der Waals surface area contributed by atoms with Gasteiger partial charge in [-0.05, 0) is 48.7 Å². The highest BCUT2D eigenvalue weighted by atomic mass is 19.1. The molecule has 0 saturated heterocycles. The zero-order chi connectivity index (χ0) is 22.3. The minimum Gasteiger partial charge on any atom is -0.494 e. The molecule has 0 unspecified atom stereocenters. The van der Waals surface area contributed by atoms with Crippen molar-refractivity contribution in [3.8, 4) is 28.7 Å². The Balaban J connectivity index is 1.36. The van der Waals surface area contributed by atoms with Crippen LogP contribution in [0, 0.1) is 5.82 Å². The smallest absolute Gasteiger partial charge is 0.274 e. The van der Waals surface area contributed by atoms with Crippen molar-refractivity contribution in [2.75, 3.05) is 13.7 Å². The number of carbonyl (C=O) groups excluding carboxylic acids is 1. The number of halogens is 1. The second-order valence-electron chi connectivity index (χ2n) is 7.23. The Morgan fingerprint density at radius 1 is 1.16 bits per heavy atom. The molecule has 1 amide bonds. The largest absolute Gasteiger partial charge is 0.494 e. The van der Waals surface area contributed by atoms with E-state index in [9.17, 15) is 9.18 Å². The molecule has 0 bridgehead atoms. The molecule has 7 nitrogen and oxygen atoms in total. The highest BCUT2D eigenvalue weighted by Gasteiger charge is 2.16. The van der Waals surface area contributed by atoms with Crippen LogP contribution in [0.4, 0.5) is 4.39 Å². The van der Waals surface area contributed by atoms with Gasteiger partial charge in [0.25, 0.3) is 5.89 Å². The SMILES string of the molecule is COc1ccc(-c2noc(-c3cccn3CC(=O)NCCCc3ccccc3)n2)cc1F. The molecule has 0 spiro atoms. The van der Waals surface area contributed by atoms with E-state index < -0.39 is 5.82 Å². The number of nitrogens with zero attached hydrogens (tertiary/aromatic N) is 3. The molecule has 1 N–H and O–H groups in total. The Hall–Kier alpha value is -3.94. The first-order valence-electron chi connectivity index (χ1n) is 10.3. The number of nitrogens with one attached hydrogen (secondary N) is 1. The van der Waals surface area contributed by atoms with Crippen molar-refractivity contribution < 1.29 is 18.4 Å². The lowest BCUT2D eigenvalue weighted by atomic mass is 10.1. The summed E-state index contributed by atoms with van der Waals surface area (Å²) < 4.78 is 26.0. The van der Waals surface area contributed by atoms with Crippen LogP contribution >= 0.6 is 0 Å². The second kappa shape index (κ2) is 9.91. The van der Waals surface area contributed by atoms with Crippen LogP contribution in [-0.2, 0) is 17.8 Å². The molecule has 0 fully saturated rings. The molecule has 0 radical (unpaired) electrons. The lowest BCUT2D eigenvalue weighted by molar-refractivity contribution is -0.121. The Labute approximate surface area is 184 Å². The van der Waals surface area contributed by atoms with Gasteiger partial charge in [-0.1, -0.05) is 35.5 Å². The van der Waals surface area contributed by atoms with Crippen molar-refractivity contribution in [2.24, 2.45) is 0 Å². The number of hydrogen-bond acceptors (Lipinski definition) is 5. The molecule has 0 aliphatic carbocycles. The van der Waals surface area contributed by atoms with Gasteiger partial charge < -0.3 is 19.1 Å². The third-order valence-corrected chi connectivity index (χ3v) is 5.01. The fraction of sp³-hybridized carbons (Fsp3) is 0.208. The van der Waals surface area contributed by atoms with Crippen molar-refractivity contribution in [1.82, 2.24) is 20.0 Å². The topological polar surface area (TPSA) is 82.2 Å². The summed E-state index contributed by atoms with van der Waals surface area (Å²) in [6.07, 6.45) is 3.54. The normalized spacial score (nSPS) is 10.8. The van der Waals surface area contributed by atoms with Crippen LogP contribution < -0.4 is 10.1 Å². The number of methoxy groups -OCH3 is 1. The number of rotatable bonds is 9. The molecule has 0 saturated carbocycles. The van der Waals surface area contributed by atoms with E-state index >= 15 is 0 Å². The number of hydrogen-bond donors (Lipinski definition) is 1. The zero-order valence-corrected chi connectivity index (χ0v) is 17.6. The molecular formula is C24H23FN4O3. The number of ether oxygens (including phenoxy) is 1. The second-order valence-corrected chi connectivity index (χ2v) is 7.23. The molecule has 4 aromatic rings. The summed E-state index contributed by atoms with van der Waals surface area (Å²) in [5, 5.41) is 6.88. The fourth-order valence-corrected chi connectivity index (χ4v) is 3.37. The predicted molar refractivity (Wildman–Crippen MR) is 117 cm³/mol. The van der Waals surface area contributed by atoms with E-state index in [2.05, 4.69) is 27.6 Å². The summed E-state index contributed by atoms with van der Waals surface area (Å²) in [5.41, 5.74) is 2.32. The molecule has 164 valence electrons. The minimum atomic E-state index is -0.510. The van der Waals surface area contributed by atoms with Gasteiger partial charge in [0.1, 0.15) is 12.2 Å². The zero-order valence-electron chi connectivity index (χ0n) is 17.6. The van der Waals surface area contributed by atoms with Crippen LogP contribution in [0.15, 0.2) is 71.4 Å². The van der Waals surface area contributed by atoms with Gasteiger partial charge >= 0.3 is 0 Å². The Morgan fingerprint density at radius 2 is 2.00 bits per heavy atom. The molecule has 0 atom stereocenters. The number of aryl methyl sites for hydroxylation is 1. The van der Waals surface area contributed by atoms with Crippen LogP contribution in [-0.4, -0.2) is 34.3 Å². The number of benzene rings is 2. The minimum absolute atomic E-state index is 0.104. The average Bonchev–Trinajstić information content (AvgIpc) is 3.47. The summed E-state index contributed by atoms with van der Waals surface area (Å²) in [7, 11) is 1.40. The van der Waals surface area contributed by atoms with Gasteiger partial charge in [0.05, 0.1) is 7.11 Å². The van der Waals surface area contributed by atoms with E-state index in [0.717, 1.165) is 12.8 Å². The van der Waals surface area contributed by atoms with E-state index in [-0.39, 0.29) is 29.9 Å². The molecule has 32 heavy (non-hydrogen) atoms. The third-order valence-electron chi connectivity index (χ3n) is 5.01. The molecular weight excluding hydrogens is 411 g/mol. The maximum absolute atomic E-state index is 14.0. The van der Waals surface area contributed by atoms with Gasteiger partial charge in [-0.25, -0.2) is 4.39 Å². The fourth-order valence-electron chi connectivity index (χ4n) is 3.37. The average molecular weight is 434 g/mol. The quantitative estimate of drug-likeness (QED) is 0.401. The maximum Gasteiger partial charge on any atom is 0.274 e. The van der Waals surface area contributed by atoms with E-state index in [1.54, 1.807) is 29.0 Å². The van der Waals surface area contributed by atoms with Gasteiger partial charge in [0.15, 0.2) is 11.6 Å². The van der Waals surface area contributed by atoms with Gasteiger partial charge in [-0.3, -0.25) is 4.79 Å². The maximum atomic E-state index is 14.0. The molecule has 2 aromatic carbocycles. The van der Waals surface area contributed by atoms with E-state index in [4.69, 9.17) is 9.26 Å². The summed E-state index contributed by atoms with van der Waals surface area (Å²) in [4.78, 5) is 16.7. The number of aromatic nitrogens is 3. The van der Waals surface area contributed by atoms with Crippen molar-refractivity contribution in [1.29, 1.82) is 0 Å². The molecule has 2 heterocycles. The molecule has 2 aromatic heterocycles. The highest BCUT2D eigenvalue weighted by molar-refractivity contribution is 5.76. The first kappa shape index (κ1) is 21.3. The van der Waals surface area contributed by atoms with Gasteiger partial charge in [0.2, 0.25) is 11.7 Å². The molecule has 0 aliphatic heterocycles. The lowest BCUT2D eigenvalue weighted by Gasteiger charge is -2.08. The first-order valence-corrected chi connectivity index (χ1v) is 10.3. The monoisotopic (exact) mass is 434 g/mol. The van der Waals surface area contributed by atoms with Crippen molar-refractivity contribution in [2.45, 2.75) is 19.4 Å². The van der Waals surface area contributed by atoms with Crippen LogP contribution in [0.5, 0.6) is 5.75 Å². The van der Waals surface area contributed by atoms with Gasteiger partial charge in [-0.15, -0.1) is 0 Å². The molecule has 8 heteroatoms. The Morgan fingerprint density at radius 3 is 2.78 bits per heavy atom. The molecule has 4 rings (SSSR count). The van der Waals surface area contributed by atoms with Gasteiger partial charge in [0, 0.05) is 18.3 Å². The predicted octanol–water partition coefficient (Wildman–Crippen LogP) is 4.10. The van der Waals surface area contributed by atoms with E-state index in [0.29, 0.717) is 17.8 Å². The lowest BCUT2D eigenvalue weighted by Crippen LogP contribution is -2.28. The summed E-state index contributed by atoms with van der Waals surface area (Å²) in [5.74, 6) is 0.0232. The van der Waals surface area contributed by atoms with E-state index in [1.807, 2.05) is 18.2 Å². The highest BCUT2D eigenvalue weighted by Crippen LogP contribution is 2.26.